The van der Waals surface area contributed by atoms with Crippen LogP contribution in [0.3, 0.4) is 0 Å². The van der Waals surface area contributed by atoms with Crippen LogP contribution in [0.1, 0.15) is 17.3 Å². The van der Waals surface area contributed by atoms with E-state index in [4.69, 9.17) is 22.1 Å². The highest BCUT2D eigenvalue weighted by molar-refractivity contribution is 9.10. The van der Waals surface area contributed by atoms with Crippen molar-refractivity contribution in [3.8, 4) is 0 Å². The topological polar surface area (TPSA) is 55.6 Å². The lowest BCUT2D eigenvalue weighted by Gasteiger charge is -2.35. The molecule has 0 radical (unpaired) electrons. The number of nitrogens with zero attached hydrogens (tertiary/aromatic N) is 1. The predicted octanol–water partition coefficient (Wildman–Crippen LogP) is 2.29. The van der Waals surface area contributed by atoms with Crippen LogP contribution in [0.5, 0.6) is 0 Å². The van der Waals surface area contributed by atoms with Crippen LogP contribution >= 0.6 is 27.5 Å². The van der Waals surface area contributed by atoms with Gasteiger partial charge in [0.05, 0.1) is 18.3 Å². The molecule has 0 bridgehead atoms. The standard InChI is InChI=1S/C13H16BrClN2O2/c1-8(16)12-7-17(4-5-19-12)13(18)10-3-2-9(15)6-11(10)14/h2-3,6,8,12H,4-5,7,16H2,1H3. The number of ether oxygens (including phenoxy) is 1. The quantitative estimate of drug-likeness (QED) is 0.893. The number of morpholine rings is 1. The number of nitrogens with two attached hydrogens (primary N) is 1. The third-order valence-electron chi connectivity index (χ3n) is 3.13. The Kier molecular flexibility index (Phi) is 4.84. The molecule has 1 aromatic carbocycles. The largest absolute Gasteiger partial charge is 0.373 e. The first kappa shape index (κ1) is 14.8. The molecule has 104 valence electrons. The third-order valence-corrected chi connectivity index (χ3v) is 4.02. The number of carbonyl (C=O) groups excluding carboxylic acids is 1. The van der Waals surface area contributed by atoms with E-state index in [0.29, 0.717) is 34.8 Å². The number of halogens is 2. The van der Waals surface area contributed by atoms with Crippen LogP contribution in [-0.2, 0) is 4.74 Å². The summed E-state index contributed by atoms with van der Waals surface area (Å²) in [6.07, 6.45) is -0.108. The van der Waals surface area contributed by atoms with Gasteiger partial charge >= 0.3 is 0 Å². The molecule has 2 N–H and O–H groups in total. The molecule has 2 atom stereocenters. The van der Waals surface area contributed by atoms with Gasteiger partial charge in [-0.1, -0.05) is 11.6 Å². The second-order valence-corrected chi connectivity index (χ2v) is 5.93. The molecule has 2 unspecified atom stereocenters. The second kappa shape index (κ2) is 6.22. The Morgan fingerprint density at radius 3 is 3.00 bits per heavy atom. The van der Waals surface area contributed by atoms with Crippen molar-refractivity contribution in [1.82, 2.24) is 4.90 Å². The number of hydrogen-bond donors (Lipinski definition) is 1. The molecule has 1 heterocycles. The summed E-state index contributed by atoms with van der Waals surface area (Å²) in [6, 6.07) is 5.07. The summed E-state index contributed by atoms with van der Waals surface area (Å²) in [7, 11) is 0. The summed E-state index contributed by atoms with van der Waals surface area (Å²) < 4.78 is 6.26. The lowest BCUT2D eigenvalue weighted by molar-refractivity contribution is -0.0300. The van der Waals surface area contributed by atoms with Crippen molar-refractivity contribution >= 4 is 33.4 Å². The summed E-state index contributed by atoms with van der Waals surface area (Å²) in [5.74, 6) is -0.0301. The first-order valence-corrected chi connectivity index (χ1v) is 7.27. The van der Waals surface area contributed by atoms with Crippen LogP contribution in [0.15, 0.2) is 22.7 Å². The fourth-order valence-corrected chi connectivity index (χ4v) is 2.86. The van der Waals surface area contributed by atoms with Crippen LogP contribution in [-0.4, -0.2) is 42.6 Å². The van der Waals surface area contributed by atoms with Crippen molar-refractivity contribution in [2.45, 2.75) is 19.1 Å². The molecule has 1 aromatic rings. The first-order chi connectivity index (χ1) is 8.99. The van der Waals surface area contributed by atoms with Gasteiger partial charge in [-0.25, -0.2) is 0 Å². The van der Waals surface area contributed by atoms with Gasteiger partial charge in [0.25, 0.3) is 5.91 Å². The molecule has 0 aromatic heterocycles. The van der Waals surface area contributed by atoms with Crippen LogP contribution in [0, 0.1) is 0 Å². The lowest BCUT2D eigenvalue weighted by Crippen LogP contribution is -2.51. The van der Waals surface area contributed by atoms with Gasteiger partial charge in [0.15, 0.2) is 0 Å². The highest BCUT2D eigenvalue weighted by Gasteiger charge is 2.27. The Bertz CT molecular complexity index is 482. The van der Waals surface area contributed by atoms with Gasteiger partial charge in [0, 0.05) is 28.6 Å². The normalized spacial score (nSPS) is 21.3. The maximum Gasteiger partial charge on any atom is 0.255 e. The van der Waals surface area contributed by atoms with E-state index in [-0.39, 0.29) is 18.1 Å². The summed E-state index contributed by atoms with van der Waals surface area (Å²) >= 11 is 9.25. The predicted molar refractivity (Wildman–Crippen MR) is 78.4 cm³/mol. The maximum absolute atomic E-state index is 12.5. The van der Waals surface area contributed by atoms with Crippen LogP contribution in [0.4, 0.5) is 0 Å². The number of carbonyl (C=O) groups is 1. The third kappa shape index (κ3) is 3.48. The molecular weight excluding hydrogens is 332 g/mol. The Morgan fingerprint density at radius 1 is 1.63 bits per heavy atom. The van der Waals surface area contributed by atoms with E-state index >= 15 is 0 Å². The Labute approximate surface area is 126 Å². The van der Waals surface area contributed by atoms with Gasteiger partial charge < -0.3 is 15.4 Å². The molecule has 4 nitrogen and oxygen atoms in total. The first-order valence-electron chi connectivity index (χ1n) is 6.10. The van der Waals surface area contributed by atoms with Crippen molar-refractivity contribution in [2.75, 3.05) is 19.7 Å². The lowest BCUT2D eigenvalue weighted by atomic mass is 10.1. The van der Waals surface area contributed by atoms with Gasteiger partial charge in [-0.3, -0.25) is 4.79 Å². The van der Waals surface area contributed by atoms with Gasteiger partial charge in [0.2, 0.25) is 0 Å². The van der Waals surface area contributed by atoms with E-state index in [1.165, 1.54) is 0 Å². The molecule has 2 rings (SSSR count). The van der Waals surface area contributed by atoms with E-state index in [9.17, 15) is 4.79 Å². The molecule has 1 saturated heterocycles. The highest BCUT2D eigenvalue weighted by atomic mass is 79.9. The monoisotopic (exact) mass is 346 g/mol. The van der Waals surface area contributed by atoms with Crippen molar-refractivity contribution in [3.05, 3.63) is 33.3 Å². The molecule has 0 saturated carbocycles. The smallest absolute Gasteiger partial charge is 0.255 e. The van der Waals surface area contributed by atoms with Crippen LogP contribution in [0.2, 0.25) is 5.02 Å². The Morgan fingerprint density at radius 2 is 2.37 bits per heavy atom. The number of hydrogen-bond acceptors (Lipinski definition) is 3. The molecule has 0 spiro atoms. The summed E-state index contributed by atoms with van der Waals surface area (Å²) in [5, 5.41) is 0.596. The zero-order valence-corrected chi connectivity index (χ0v) is 12.9. The number of rotatable bonds is 2. The minimum Gasteiger partial charge on any atom is -0.373 e. The maximum atomic E-state index is 12.5. The van der Waals surface area contributed by atoms with Gasteiger partial charge in [-0.15, -0.1) is 0 Å². The number of amides is 1. The summed E-state index contributed by atoms with van der Waals surface area (Å²) in [4.78, 5) is 14.2. The van der Waals surface area contributed by atoms with E-state index in [1.807, 2.05) is 6.92 Å². The zero-order chi connectivity index (χ0) is 14.0. The van der Waals surface area contributed by atoms with Gasteiger partial charge in [0.1, 0.15) is 0 Å². The second-order valence-electron chi connectivity index (χ2n) is 4.64. The minimum atomic E-state index is -0.108. The van der Waals surface area contributed by atoms with Gasteiger partial charge in [-0.2, -0.15) is 0 Å². The molecule has 0 aliphatic carbocycles. The van der Waals surface area contributed by atoms with E-state index < -0.39 is 0 Å². The molecule has 1 aliphatic rings. The van der Waals surface area contributed by atoms with Crippen molar-refractivity contribution in [1.29, 1.82) is 0 Å². The van der Waals surface area contributed by atoms with E-state index in [0.717, 1.165) is 0 Å². The van der Waals surface area contributed by atoms with Crippen molar-refractivity contribution in [3.63, 3.8) is 0 Å². The molecular formula is C13H16BrClN2O2. The molecule has 19 heavy (non-hydrogen) atoms. The van der Waals surface area contributed by atoms with Crippen molar-refractivity contribution in [2.24, 2.45) is 5.73 Å². The Balaban J connectivity index is 2.15. The summed E-state index contributed by atoms with van der Waals surface area (Å²) in [5.41, 5.74) is 6.43. The molecule has 1 aliphatic heterocycles. The van der Waals surface area contributed by atoms with E-state index in [2.05, 4.69) is 15.9 Å². The number of benzene rings is 1. The Hall–Kier alpha value is -0.620. The zero-order valence-electron chi connectivity index (χ0n) is 10.6. The average molecular weight is 348 g/mol. The van der Waals surface area contributed by atoms with Gasteiger partial charge in [-0.05, 0) is 41.1 Å². The fraction of sp³-hybridized carbons (Fsp3) is 0.462. The fourth-order valence-electron chi connectivity index (χ4n) is 2.01. The van der Waals surface area contributed by atoms with Crippen molar-refractivity contribution < 1.29 is 9.53 Å². The molecule has 1 fully saturated rings. The molecule has 6 heteroatoms. The summed E-state index contributed by atoms with van der Waals surface area (Å²) in [6.45, 7) is 3.50. The van der Waals surface area contributed by atoms with Crippen LogP contribution in [0.25, 0.3) is 0 Å². The average Bonchev–Trinajstić information content (AvgIpc) is 2.38. The highest BCUT2D eigenvalue weighted by Crippen LogP contribution is 2.23. The van der Waals surface area contributed by atoms with E-state index in [1.54, 1.807) is 23.1 Å². The molecule has 1 amide bonds. The van der Waals surface area contributed by atoms with Crippen LogP contribution < -0.4 is 5.73 Å². The minimum absolute atomic E-state index is 0.0301. The SMILES string of the molecule is CC(N)C1CN(C(=O)c2ccc(Cl)cc2Br)CCO1.